The Balaban J connectivity index is 1.98. The molecule has 0 aromatic carbocycles. The second-order valence-corrected chi connectivity index (χ2v) is 3.98. The molecule has 0 bridgehead atoms. The molecule has 1 aliphatic heterocycles. The van der Waals surface area contributed by atoms with Crippen molar-refractivity contribution >= 4 is 11.7 Å². The maximum Gasteiger partial charge on any atom is 0.223 e. The quantitative estimate of drug-likeness (QED) is 0.702. The zero-order chi connectivity index (χ0) is 10.8. The van der Waals surface area contributed by atoms with Crippen molar-refractivity contribution in [2.24, 2.45) is 5.92 Å². The van der Waals surface area contributed by atoms with Crippen molar-refractivity contribution in [2.45, 2.75) is 13.3 Å². The Bertz CT molecular complexity index is 369. The van der Waals surface area contributed by atoms with Gasteiger partial charge in [0.15, 0.2) is 5.76 Å². The molecule has 0 aliphatic carbocycles. The molecule has 2 heterocycles. The summed E-state index contributed by atoms with van der Waals surface area (Å²) in [4.78, 5) is 24.7. The first-order valence-corrected chi connectivity index (χ1v) is 5.01. The predicted molar refractivity (Wildman–Crippen MR) is 53.4 cm³/mol. The molecule has 1 saturated heterocycles. The Hall–Kier alpha value is -1.58. The smallest absolute Gasteiger partial charge is 0.223 e. The Morgan fingerprint density at radius 1 is 1.67 bits per heavy atom. The van der Waals surface area contributed by atoms with Crippen LogP contribution in [0.1, 0.15) is 23.9 Å². The summed E-state index contributed by atoms with van der Waals surface area (Å²) in [5.41, 5.74) is 0. The third-order valence-electron chi connectivity index (χ3n) is 2.54. The van der Waals surface area contributed by atoms with Gasteiger partial charge >= 0.3 is 0 Å². The zero-order valence-electron chi connectivity index (χ0n) is 8.60. The second kappa shape index (κ2) is 3.88. The minimum absolute atomic E-state index is 0.0578. The van der Waals surface area contributed by atoms with Crippen LogP contribution in [0.25, 0.3) is 0 Å². The number of likely N-dealkylation sites (tertiary alicyclic amines) is 1. The second-order valence-electron chi connectivity index (χ2n) is 3.98. The number of amides is 1. The third kappa shape index (κ3) is 2.09. The lowest BCUT2D eigenvalue weighted by atomic mass is 10.2. The maximum atomic E-state index is 11.6. The van der Waals surface area contributed by atoms with Gasteiger partial charge in [0.05, 0.1) is 12.8 Å². The summed E-state index contributed by atoms with van der Waals surface area (Å²) in [5.74, 6) is 0.592. The van der Waals surface area contributed by atoms with Gasteiger partial charge in [0.2, 0.25) is 11.7 Å². The van der Waals surface area contributed by atoms with Gasteiger partial charge in [-0.1, -0.05) is 6.92 Å². The minimum atomic E-state index is -0.137. The summed E-state index contributed by atoms with van der Waals surface area (Å²) in [5, 5.41) is 0. The fourth-order valence-electron chi connectivity index (χ4n) is 1.81. The van der Waals surface area contributed by atoms with Crippen LogP contribution in [0.5, 0.6) is 0 Å². The van der Waals surface area contributed by atoms with Gasteiger partial charge in [-0.15, -0.1) is 0 Å². The molecule has 0 radical (unpaired) electrons. The number of ketones is 1. The number of rotatable bonds is 3. The van der Waals surface area contributed by atoms with Gasteiger partial charge in [-0.3, -0.25) is 9.59 Å². The average molecular weight is 207 g/mol. The molecule has 15 heavy (non-hydrogen) atoms. The largest absolute Gasteiger partial charge is 0.461 e. The van der Waals surface area contributed by atoms with E-state index < -0.39 is 0 Å². The Kier molecular flexibility index (Phi) is 2.58. The molecular weight excluding hydrogens is 194 g/mol. The zero-order valence-corrected chi connectivity index (χ0v) is 8.60. The van der Waals surface area contributed by atoms with Crippen LogP contribution in [0.15, 0.2) is 22.8 Å². The summed E-state index contributed by atoms with van der Waals surface area (Å²) >= 11 is 0. The summed E-state index contributed by atoms with van der Waals surface area (Å²) in [6, 6.07) is 3.29. The normalized spacial score (nSPS) is 21.0. The van der Waals surface area contributed by atoms with Crippen molar-refractivity contribution in [3.8, 4) is 0 Å². The summed E-state index contributed by atoms with van der Waals surface area (Å²) < 4.78 is 4.98. The number of carbonyl (C=O) groups is 2. The SMILES string of the molecule is CC1CC(=O)N(CC(=O)c2ccco2)C1. The van der Waals surface area contributed by atoms with Gasteiger partial charge < -0.3 is 9.32 Å². The van der Waals surface area contributed by atoms with E-state index in [9.17, 15) is 9.59 Å². The Labute approximate surface area is 87.9 Å². The maximum absolute atomic E-state index is 11.6. The van der Waals surface area contributed by atoms with Crippen molar-refractivity contribution in [3.63, 3.8) is 0 Å². The Morgan fingerprint density at radius 3 is 3.00 bits per heavy atom. The van der Waals surface area contributed by atoms with Crippen molar-refractivity contribution in [1.29, 1.82) is 0 Å². The molecule has 1 unspecified atom stereocenters. The molecule has 0 spiro atoms. The van der Waals surface area contributed by atoms with E-state index >= 15 is 0 Å². The first-order valence-electron chi connectivity index (χ1n) is 5.01. The highest BCUT2D eigenvalue weighted by atomic mass is 16.3. The summed E-state index contributed by atoms with van der Waals surface area (Å²) in [6.45, 7) is 2.82. The summed E-state index contributed by atoms with van der Waals surface area (Å²) in [6.07, 6.45) is 2.01. The lowest BCUT2D eigenvalue weighted by Gasteiger charge is -2.13. The molecule has 1 aromatic heterocycles. The van der Waals surface area contributed by atoms with Gasteiger partial charge in [0.1, 0.15) is 0 Å². The van der Waals surface area contributed by atoms with Crippen LogP contribution in [0.2, 0.25) is 0 Å². The average Bonchev–Trinajstić information content (AvgIpc) is 2.76. The standard InChI is InChI=1S/C11H13NO3/c1-8-5-11(14)12(6-8)7-9(13)10-3-2-4-15-10/h2-4,8H,5-7H2,1H3. The molecule has 1 aliphatic rings. The predicted octanol–water partition coefficient (Wildman–Crippen LogP) is 1.33. The fourth-order valence-corrected chi connectivity index (χ4v) is 1.81. The van der Waals surface area contributed by atoms with Crippen molar-refractivity contribution in [2.75, 3.05) is 13.1 Å². The number of nitrogens with zero attached hydrogens (tertiary/aromatic N) is 1. The fraction of sp³-hybridized carbons (Fsp3) is 0.455. The van der Waals surface area contributed by atoms with Gasteiger partial charge in [-0.05, 0) is 18.1 Å². The molecule has 2 rings (SSSR count). The van der Waals surface area contributed by atoms with Crippen LogP contribution in [-0.2, 0) is 4.79 Å². The topological polar surface area (TPSA) is 50.5 Å². The number of furan rings is 1. The van der Waals surface area contributed by atoms with E-state index in [4.69, 9.17) is 4.42 Å². The third-order valence-corrected chi connectivity index (χ3v) is 2.54. The number of Topliss-reactive ketones (excluding diaryl/α,β-unsaturated/α-hetero) is 1. The molecule has 0 N–H and O–H groups in total. The van der Waals surface area contributed by atoms with Crippen molar-refractivity contribution in [3.05, 3.63) is 24.2 Å². The van der Waals surface area contributed by atoms with Crippen molar-refractivity contribution in [1.82, 2.24) is 4.90 Å². The highest BCUT2D eigenvalue weighted by Gasteiger charge is 2.28. The molecule has 4 nitrogen and oxygen atoms in total. The highest BCUT2D eigenvalue weighted by Crippen LogP contribution is 2.17. The Morgan fingerprint density at radius 2 is 2.47 bits per heavy atom. The van der Waals surface area contributed by atoms with Crippen LogP contribution in [-0.4, -0.2) is 29.7 Å². The van der Waals surface area contributed by atoms with Crippen LogP contribution in [0.3, 0.4) is 0 Å². The van der Waals surface area contributed by atoms with E-state index in [1.54, 1.807) is 17.0 Å². The van der Waals surface area contributed by atoms with E-state index in [2.05, 4.69) is 0 Å². The lowest BCUT2D eigenvalue weighted by Crippen LogP contribution is -2.31. The molecule has 1 aromatic rings. The molecular formula is C11H13NO3. The van der Waals surface area contributed by atoms with Gasteiger partial charge in [-0.25, -0.2) is 0 Å². The summed E-state index contributed by atoms with van der Waals surface area (Å²) in [7, 11) is 0. The van der Waals surface area contributed by atoms with E-state index in [1.165, 1.54) is 6.26 Å². The molecule has 4 heteroatoms. The van der Waals surface area contributed by atoms with Crippen molar-refractivity contribution < 1.29 is 14.0 Å². The van der Waals surface area contributed by atoms with E-state index in [0.29, 0.717) is 24.6 Å². The first-order chi connectivity index (χ1) is 7.16. The van der Waals surface area contributed by atoms with Crippen LogP contribution in [0, 0.1) is 5.92 Å². The highest BCUT2D eigenvalue weighted by molar-refractivity contribution is 5.97. The molecule has 0 saturated carbocycles. The van der Waals surface area contributed by atoms with Crippen LogP contribution < -0.4 is 0 Å². The van der Waals surface area contributed by atoms with Gasteiger partial charge in [0.25, 0.3) is 0 Å². The van der Waals surface area contributed by atoms with E-state index in [-0.39, 0.29) is 18.2 Å². The molecule has 80 valence electrons. The molecule has 1 amide bonds. The van der Waals surface area contributed by atoms with Crippen LogP contribution >= 0.6 is 0 Å². The first kappa shape index (κ1) is 9.96. The van der Waals surface area contributed by atoms with Gasteiger partial charge in [0, 0.05) is 13.0 Å². The number of hydrogen-bond acceptors (Lipinski definition) is 3. The lowest BCUT2D eigenvalue weighted by molar-refractivity contribution is -0.127. The van der Waals surface area contributed by atoms with E-state index in [0.717, 1.165) is 0 Å². The molecule has 1 fully saturated rings. The van der Waals surface area contributed by atoms with Gasteiger partial charge in [-0.2, -0.15) is 0 Å². The minimum Gasteiger partial charge on any atom is -0.461 e. The molecule has 1 atom stereocenters. The number of carbonyl (C=O) groups excluding carboxylic acids is 2. The van der Waals surface area contributed by atoms with Crippen LogP contribution in [0.4, 0.5) is 0 Å². The van der Waals surface area contributed by atoms with E-state index in [1.807, 2.05) is 6.92 Å². The monoisotopic (exact) mass is 207 g/mol. The number of hydrogen-bond donors (Lipinski definition) is 0.